The van der Waals surface area contributed by atoms with Gasteiger partial charge in [-0.15, -0.1) is 0 Å². The first-order valence-corrected chi connectivity index (χ1v) is 11.7. The molecule has 1 heterocycles. The zero-order chi connectivity index (χ0) is 22.7. The van der Waals surface area contributed by atoms with Crippen LogP contribution in [-0.4, -0.2) is 31.1 Å². The number of sulfone groups is 1. The second kappa shape index (κ2) is 9.00. The van der Waals surface area contributed by atoms with E-state index < -0.39 is 15.8 Å². The fraction of sp³-hybridized carbons (Fsp3) is 0.250. The van der Waals surface area contributed by atoms with E-state index in [-0.39, 0.29) is 16.2 Å². The average molecular weight is 454 g/mol. The molecule has 32 heavy (non-hydrogen) atoms. The molecule has 0 saturated heterocycles. The molecule has 4 rings (SSSR count). The summed E-state index contributed by atoms with van der Waals surface area (Å²) in [7, 11) is -3.88. The van der Waals surface area contributed by atoms with E-state index in [1.807, 2.05) is 19.1 Å². The van der Waals surface area contributed by atoms with Crippen molar-refractivity contribution in [1.82, 2.24) is 4.98 Å². The third-order valence-electron chi connectivity index (χ3n) is 5.01. The van der Waals surface area contributed by atoms with E-state index >= 15 is 0 Å². The number of carboxylic acid groups (broad SMARTS) is 1. The van der Waals surface area contributed by atoms with E-state index in [0.717, 1.165) is 18.5 Å². The third-order valence-corrected chi connectivity index (χ3v) is 6.76. The predicted molar refractivity (Wildman–Crippen MR) is 117 cm³/mol. The second-order valence-electron chi connectivity index (χ2n) is 7.83. The summed E-state index contributed by atoms with van der Waals surface area (Å²) in [5.41, 5.74) is 1.18. The van der Waals surface area contributed by atoms with E-state index in [0.29, 0.717) is 35.5 Å². The molecule has 0 amide bonds. The number of carboxylic acids is 1. The minimum Gasteiger partial charge on any atom is -0.493 e. The molecule has 0 bridgehead atoms. The molecular formula is C24H23NO6S. The summed E-state index contributed by atoms with van der Waals surface area (Å²) in [6, 6.07) is 15.8. The number of pyridine rings is 1. The van der Waals surface area contributed by atoms with Gasteiger partial charge in [0.25, 0.3) is 0 Å². The topological polar surface area (TPSA) is 103 Å². The summed E-state index contributed by atoms with van der Waals surface area (Å²) >= 11 is 0. The number of aliphatic carboxylic acids is 1. The number of ether oxygens (including phenoxy) is 2. The van der Waals surface area contributed by atoms with Gasteiger partial charge < -0.3 is 14.6 Å². The van der Waals surface area contributed by atoms with Crippen molar-refractivity contribution in [2.45, 2.75) is 36.0 Å². The Bertz CT molecular complexity index is 1230. The van der Waals surface area contributed by atoms with Crippen LogP contribution in [0.2, 0.25) is 0 Å². The summed E-state index contributed by atoms with van der Waals surface area (Å²) in [6.45, 7) is 2.35. The maximum Gasteiger partial charge on any atom is 0.307 e. The van der Waals surface area contributed by atoms with E-state index in [1.165, 1.54) is 24.3 Å². The Kier molecular flexibility index (Phi) is 6.14. The highest BCUT2D eigenvalue weighted by atomic mass is 32.2. The highest BCUT2D eigenvalue weighted by Crippen LogP contribution is 2.32. The molecule has 7 nitrogen and oxygen atoms in total. The van der Waals surface area contributed by atoms with E-state index in [2.05, 4.69) is 4.98 Å². The van der Waals surface area contributed by atoms with E-state index in [4.69, 9.17) is 14.6 Å². The van der Waals surface area contributed by atoms with Gasteiger partial charge >= 0.3 is 5.97 Å². The third kappa shape index (κ3) is 5.45. The van der Waals surface area contributed by atoms with Crippen LogP contribution in [0.3, 0.4) is 0 Å². The number of aryl methyl sites for hydroxylation is 1. The standard InChI is InChI=1S/C24H23NO6S/c1-16-3-2-4-23(25-16)31-19-7-9-21(10-8-19)32(28,29)22-12-18(13-24(26)27)11-20(14-22)30-15-17-5-6-17/h2-4,7-12,14,17H,5-6,13,15H2,1H3,(H,26,27). The molecule has 1 saturated carbocycles. The van der Waals surface area contributed by atoms with Crippen LogP contribution in [0, 0.1) is 12.8 Å². The van der Waals surface area contributed by atoms with Gasteiger partial charge in [0.05, 0.1) is 22.8 Å². The smallest absolute Gasteiger partial charge is 0.307 e. The molecule has 0 spiro atoms. The molecule has 0 aliphatic heterocycles. The SMILES string of the molecule is Cc1cccc(Oc2ccc(S(=O)(=O)c3cc(CC(=O)O)cc(OCC4CC4)c3)cc2)n1. The summed E-state index contributed by atoms with van der Waals surface area (Å²) in [6.07, 6.45) is 1.89. The molecule has 8 heteroatoms. The van der Waals surface area contributed by atoms with Crippen molar-refractivity contribution in [2.75, 3.05) is 6.61 Å². The largest absolute Gasteiger partial charge is 0.493 e. The Labute approximate surface area is 186 Å². The van der Waals surface area contributed by atoms with Crippen molar-refractivity contribution in [3.63, 3.8) is 0 Å². The van der Waals surface area contributed by atoms with Crippen LogP contribution in [0.15, 0.2) is 70.5 Å². The Balaban J connectivity index is 1.59. The molecule has 1 aromatic heterocycles. The van der Waals surface area contributed by atoms with Gasteiger partial charge in [-0.05, 0) is 79.8 Å². The van der Waals surface area contributed by atoms with Gasteiger partial charge in [0, 0.05) is 11.8 Å². The Morgan fingerprint density at radius 1 is 1.03 bits per heavy atom. The highest BCUT2D eigenvalue weighted by Gasteiger charge is 2.24. The van der Waals surface area contributed by atoms with Crippen molar-refractivity contribution >= 4 is 15.8 Å². The summed E-state index contributed by atoms with van der Waals surface area (Å²) < 4.78 is 37.9. The lowest BCUT2D eigenvalue weighted by atomic mass is 10.1. The average Bonchev–Trinajstić information content (AvgIpc) is 3.57. The van der Waals surface area contributed by atoms with Crippen LogP contribution >= 0.6 is 0 Å². The lowest BCUT2D eigenvalue weighted by molar-refractivity contribution is -0.136. The lowest BCUT2D eigenvalue weighted by Gasteiger charge is -2.12. The Morgan fingerprint density at radius 3 is 2.44 bits per heavy atom. The molecule has 166 valence electrons. The first-order valence-electron chi connectivity index (χ1n) is 10.2. The van der Waals surface area contributed by atoms with Crippen LogP contribution in [-0.2, 0) is 21.1 Å². The number of aromatic nitrogens is 1. The molecule has 0 unspecified atom stereocenters. The maximum atomic E-state index is 13.2. The molecule has 1 aliphatic rings. The van der Waals surface area contributed by atoms with E-state index in [9.17, 15) is 13.2 Å². The van der Waals surface area contributed by atoms with Gasteiger partial charge in [0.15, 0.2) is 0 Å². The zero-order valence-corrected chi connectivity index (χ0v) is 18.3. The molecule has 0 atom stereocenters. The van der Waals surface area contributed by atoms with Gasteiger partial charge in [-0.2, -0.15) is 0 Å². The van der Waals surface area contributed by atoms with Gasteiger partial charge in [-0.1, -0.05) is 6.07 Å². The molecule has 1 fully saturated rings. The van der Waals surface area contributed by atoms with Crippen LogP contribution in [0.1, 0.15) is 24.1 Å². The maximum absolute atomic E-state index is 13.2. The van der Waals surface area contributed by atoms with Crippen molar-refractivity contribution in [2.24, 2.45) is 5.92 Å². The monoisotopic (exact) mass is 453 g/mol. The number of hydrogen-bond donors (Lipinski definition) is 1. The number of carbonyl (C=O) groups is 1. The number of rotatable bonds is 9. The van der Waals surface area contributed by atoms with Crippen molar-refractivity contribution in [3.8, 4) is 17.4 Å². The number of nitrogens with zero attached hydrogens (tertiary/aromatic N) is 1. The van der Waals surface area contributed by atoms with E-state index in [1.54, 1.807) is 24.3 Å². The van der Waals surface area contributed by atoms with Crippen molar-refractivity contribution < 1.29 is 27.8 Å². The van der Waals surface area contributed by atoms with Crippen LogP contribution < -0.4 is 9.47 Å². The summed E-state index contributed by atoms with van der Waals surface area (Å²) in [4.78, 5) is 15.5. The van der Waals surface area contributed by atoms with Crippen molar-refractivity contribution in [1.29, 1.82) is 0 Å². The lowest BCUT2D eigenvalue weighted by Crippen LogP contribution is -2.07. The Hall–Kier alpha value is -3.39. The van der Waals surface area contributed by atoms with Crippen LogP contribution in [0.5, 0.6) is 17.4 Å². The molecule has 2 aromatic carbocycles. The molecule has 0 radical (unpaired) electrons. The predicted octanol–water partition coefficient (Wildman–Crippen LogP) is 4.43. The normalized spacial score (nSPS) is 13.5. The number of benzene rings is 2. The molecule has 3 aromatic rings. The zero-order valence-electron chi connectivity index (χ0n) is 17.5. The van der Waals surface area contributed by atoms with Gasteiger partial charge in [-0.3, -0.25) is 4.79 Å². The summed E-state index contributed by atoms with van der Waals surface area (Å²) in [5, 5.41) is 9.16. The second-order valence-corrected chi connectivity index (χ2v) is 9.78. The van der Waals surface area contributed by atoms with Gasteiger partial charge in [0.1, 0.15) is 11.5 Å². The number of hydrogen-bond acceptors (Lipinski definition) is 6. The molecule has 1 N–H and O–H groups in total. The fourth-order valence-corrected chi connectivity index (χ4v) is 4.51. The summed E-state index contributed by atoms with van der Waals surface area (Å²) in [5.74, 6) is 0.668. The minimum absolute atomic E-state index is 0.00364. The van der Waals surface area contributed by atoms with Crippen LogP contribution in [0.4, 0.5) is 0 Å². The molecular weight excluding hydrogens is 430 g/mol. The Morgan fingerprint density at radius 2 is 1.78 bits per heavy atom. The van der Waals surface area contributed by atoms with Crippen LogP contribution in [0.25, 0.3) is 0 Å². The van der Waals surface area contributed by atoms with Crippen molar-refractivity contribution in [3.05, 3.63) is 71.9 Å². The first-order chi connectivity index (χ1) is 15.3. The highest BCUT2D eigenvalue weighted by molar-refractivity contribution is 7.91. The quantitative estimate of drug-likeness (QED) is 0.511. The minimum atomic E-state index is -3.88. The fourth-order valence-electron chi connectivity index (χ4n) is 3.16. The molecule has 1 aliphatic carbocycles. The van der Waals surface area contributed by atoms with Gasteiger partial charge in [-0.25, -0.2) is 13.4 Å². The first kappa shape index (κ1) is 21.8. The van der Waals surface area contributed by atoms with Gasteiger partial charge in [0.2, 0.25) is 15.7 Å².